The highest BCUT2D eigenvalue weighted by Gasteiger charge is 2.33. The molecule has 0 aromatic heterocycles. The molecule has 118 valence electrons. The topological polar surface area (TPSA) is 72.9 Å². The molecule has 0 fully saturated rings. The second-order valence-corrected chi connectivity index (χ2v) is 5.43. The molecule has 0 spiro atoms. The van der Waals surface area contributed by atoms with Crippen LogP contribution in [0.3, 0.4) is 0 Å². The molecule has 0 heterocycles. The number of imide groups is 1. The van der Waals surface area contributed by atoms with Gasteiger partial charge in [0.25, 0.3) is 5.91 Å². The van der Waals surface area contributed by atoms with E-state index in [9.17, 15) is 14.4 Å². The Kier molecular flexibility index (Phi) is 5.45. The first kappa shape index (κ1) is 17.4. The Morgan fingerprint density at radius 1 is 1.09 bits per heavy atom. The highest BCUT2D eigenvalue weighted by molar-refractivity contribution is 6.09. The van der Waals surface area contributed by atoms with Crippen LogP contribution >= 0.6 is 0 Å². The van der Waals surface area contributed by atoms with Gasteiger partial charge in [-0.1, -0.05) is 24.8 Å². The van der Waals surface area contributed by atoms with Gasteiger partial charge in [-0.15, -0.1) is 0 Å². The molecule has 1 rings (SSSR count). The maximum absolute atomic E-state index is 12.5. The first-order chi connectivity index (χ1) is 10.2. The number of hydrogen-bond donors (Lipinski definition) is 0. The summed E-state index contributed by atoms with van der Waals surface area (Å²) >= 11 is 0. The fraction of sp³-hybridized carbons (Fsp3) is 0.312. The van der Waals surface area contributed by atoms with Gasteiger partial charge in [-0.2, -0.15) is 0 Å². The normalized spacial score (nSPS) is 10.5. The van der Waals surface area contributed by atoms with E-state index in [1.807, 2.05) is 0 Å². The maximum Gasteiger partial charge on any atom is 0.422 e. The van der Waals surface area contributed by atoms with E-state index in [1.165, 1.54) is 12.1 Å². The second kappa shape index (κ2) is 6.89. The van der Waals surface area contributed by atoms with Crippen molar-refractivity contribution in [2.75, 3.05) is 7.11 Å². The lowest BCUT2D eigenvalue weighted by molar-refractivity contribution is -0.137. The number of hydrogen-bond acceptors (Lipinski definition) is 5. The number of benzene rings is 1. The average molecular weight is 305 g/mol. The molecular weight excluding hydrogens is 286 g/mol. The predicted octanol–water partition coefficient (Wildman–Crippen LogP) is 2.75. The molecule has 0 saturated heterocycles. The smallest absolute Gasteiger partial charge is 0.422 e. The molecule has 0 aliphatic rings. The van der Waals surface area contributed by atoms with Crippen LogP contribution in [0.1, 0.15) is 31.1 Å². The quantitative estimate of drug-likeness (QED) is 0.634. The van der Waals surface area contributed by atoms with E-state index in [0.29, 0.717) is 4.90 Å². The molecule has 0 bridgehead atoms. The zero-order valence-corrected chi connectivity index (χ0v) is 13.1. The Labute approximate surface area is 129 Å². The molecule has 0 atom stereocenters. The van der Waals surface area contributed by atoms with Crippen molar-refractivity contribution >= 4 is 18.0 Å². The van der Waals surface area contributed by atoms with Crippen molar-refractivity contribution in [2.24, 2.45) is 0 Å². The second-order valence-electron chi connectivity index (χ2n) is 5.43. The van der Waals surface area contributed by atoms with Crippen molar-refractivity contribution in [3.8, 4) is 0 Å². The zero-order chi connectivity index (χ0) is 16.9. The van der Waals surface area contributed by atoms with E-state index in [2.05, 4.69) is 11.3 Å². The van der Waals surface area contributed by atoms with Gasteiger partial charge in [0.2, 0.25) is 0 Å². The van der Waals surface area contributed by atoms with E-state index in [1.54, 1.807) is 39.0 Å². The van der Waals surface area contributed by atoms with Crippen molar-refractivity contribution in [2.45, 2.75) is 26.4 Å². The third-order valence-corrected chi connectivity index (χ3v) is 2.49. The minimum absolute atomic E-state index is 0.221. The lowest BCUT2D eigenvalue weighted by atomic mass is 10.2. The molecule has 0 aliphatic carbocycles. The number of ether oxygens (including phenoxy) is 2. The number of methoxy groups -OCH3 is 1. The molecule has 2 amide bonds. The largest absolute Gasteiger partial charge is 0.464 e. The Balaban J connectivity index is 3.17. The first-order valence-corrected chi connectivity index (χ1v) is 6.57. The van der Waals surface area contributed by atoms with Gasteiger partial charge in [-0.05, 0) is 32.9 Å². The van der Waals surface area contributed by atoms with Gasteiger partial charge in [0, 0.05) is 5.56 Å². The van der Waals surface area contributed by atoms with Gasteiger partial charge < -0.3 is 9.47 Å². The summed E-state index contributed by atoms with van der Waals surface area (Å²) in [6.45, 7) is 8.40. The minimum atomic E-state index is -0.989. The van der Waals surface area contributed by atoms with Crippen molar-refractivity contribution in [3.05, 3.63) is 48.2 Å². The van der Waals surface area contributed by atoms with Gasteiger partial charge in [-0.25, -0.2) is 14.5 Å². The van der Waals surface area contributed by atoms with Crippen LogP contribution < -0.4 is 0 Å². The molecule has 6 nitrogen and oxygen atoms in total. The van der Waals surface area contributed by atoms with Crippen molar-refractivity contribution in [1.82, 2.24) is 4.90 Å². The lowest BCUT2D eigenvalue weighted by Crippen LogP contribution is -2.42. The number of carbonyl (C=O) groups excluding carboxylic acids is 3. The van der Waals surface area contributed by atoms with Crippen molar-refractivity contribution in [3.63, 3.8) is 0 Å². The number of carbonyl (C=O) groups is 3. The Hall–Kier alpha value is -2.63. The van der Waals surface area contributed by atoms with Gasteiger partial charge in [0.15, 0.2) is 0 Å². The fourth-order valence-corrected chi connectivity index (χ4v) is 1.54. The highest BCUT2D eigenvalue weighted by Crippen LogP contribution is 2.17. The van der Waals surface area contributed by atoms with Crippen LogP contribution in [0.5, 0.6) is 0 Å². The molecule has 0 aliphatic heterocycles. The Bertz CT molecular complexity index is 586. The summed E-state index contributed by atoms with van der Waals surface area (Å²) in [4.78, 5) is 37.0. The molecule has 6 heteroatoms. The van der Waals surface area contributed by atoms with Gasteiger partial charge in [-0.3, -0.25) is 4.79 Å². The fourth-order valence-electron chi connectivity index (χ4n) is 1.54. The van der Waals surface area contributed by atoms with Gasteiger partial charge in [0.1, 0.15) is 11.3 Å². The Morgan fingerprint density at radius 3 is 2.09 bits per heavy atom. The number of esters is 1. The summed E-state index contributed by atoms with van der Waals surface area (Å²) in [5.74, 6) is -1.61. The third-order valence-electron chi connectivity index (χ3n) is 2.49. The molecule has 1 aromatic carbocycles. The summed E-state index contributed by atoms with van der Waals surface area (Å²) in [7, 11) is 1.13. The van der Waals surface area contributed by atoms with Crippen molar-refractivity contribution in [1.29, 1.82) is 0 Å². The van der Waals surface area contributed by atoms with E-state index in [-0.39, 0.29) is 5.56 Å². The summed E-state index contributed by atoms with van der Waals surface area (Å²) in [6, 6.07) is 8.04. The summed E-state index contributed by atoms with van der Waals surface area (Å²) in [5, 5.41) is 0. The van der Waals surface area contributed by atoms with Gasteiger partial charge in [0.05, 0.1) is 7.11 Å². The van der Waals surface area contributed by atoms with Crippen LogP contribution in [0, 0.1) is 0 Å². The lowest BCUT2D eigenvalue weighted by Gasteiger charge is -2.26. The monoisotopic (exact) mass is 305 g/mol. The molecule has 0 unspecified atom stereocenters. The van der Waals surface area contributed by atoms with Crippen LogP contribution in [0.4, 0.5) is 4.79 Å². The SMILES string of the molecule is C=C(C(=O)OC)N(C(=O)OC(C)(C)C)C(=O)c1ccccc1. The average Bonchev–Trinajstić information content (AvgIpc) is 2.45. The molecule has 0 N–H and O–H groups in total. The van der Waals surface area contributed by atoms with Crippen LogP contribution in [-0.4, -0.2) is 35.6 Å². The van der Waals surface area contributed by atoms with E-state index in [0.717, 1.165) is 7.11 Å². The van der Waals surface area contributed by atoms with Crippen molar-refractivity contribution < 1.29 is 23.9 Å². The number of nitrogens with zero attached hydrogens (tertiary/aromatic N) is 1. The Morgan fingerprint density at radius 2 is 1.64 bits per heavy atom. The van der Waals surface area contributed by atoms with E-state index >= 15 is 0 Å². The standard InChI is InChI=1S/C16H19NO5/c1-11(14(19)21-5)17(15(20)22-16(2,3)4)13(18)12-9-7-6-8-10-12/h6-10H,1H2,2-5H3. The molecular formula is C16H19NO5. The molecule has 0 saturated carbocycles. The van der Waals surface area contributed by atoms with Gasteiger partial charge >= 0.3 is 12.1 Å². The number of amides is 2. The summed E-state index contributed by atoms with van der Waals surface area (Å²) in [6.07, 6.45) is -0.989. The first-order valence-electron chi connectivity index (χ1n) is 6.57. The maximum atomic E-state index is 12.5. The van der Waals surface area contributed by atoms with Crippen LogP contribution in [-0.2, 0) is 14.3 Å². The molecule has 0 radical (unpaired) electrons. The van der Waals surface area contributed by atoms with Crippen LogP contribution in [0.15, 0.2) is 42.6 Å². The summed E-state index contributed by atoms with van der Waals surface area (Å²) < 4.78 is 9.67. The minimum Gasteiger partial charge on any atom is -0.464 e. The third kappa shape index (κ3) is 4.44. The van der Waals surface area contributed by atoms with Crippen LogP contribution in [0.2, 0.25) is 0 Å². The van der Waals surface area contributed by atoms with Crippen LogP contribution in [0.25, 0.3) is 0 Å². The molecule has 1 aromatic rings. The highest BCUT2D eigenvalue weighted by atomic mass is 16.6. The number of rotatable bonds is 3. The summed E-state index contributed by atoms with van der Waals surface area (Å²) in [5.41, 5.74) is -1.02. The predicted molar refractivity (Wildman–Crippen MR) is 80.0 cm³/mol. The van der Waals surface area contributed by atoms with E-state index < -0.39 is 29.3 Å². The zero-order valence-electron chi connectivity index (χ0n) is 13.1. The van der Waals surface area contributed by atoms with E-state index in [4.69, 9.17) is 4.74 Å². The molecule has 22 heavy (non-hydrogen) atoms.